The molecule has 19 heavy (non-hydrogen) atoms. The van der Waals surface area contributed by atoms with Crippen molar-refractivity contribution in [3.8, 4) is 0 Å². The van der Waals surface area contributed by atoms with E-state index < -0.39 is 11.4 Å². The van der Waals surface area contributed by atoms with E-state index in [4.69, 9.17) is 0 Å². The summed E-state index contributed by atoms with van der Waals surface area (Å²) in [6, 6.07) is 0. The fourth-order valence-corrected chi connectivity index (χ4v) is 2.38. The summed E-state index contributed by atoms with van der Waals surface area (Å²) in [5.41, 5.74) is -0.821. The molecular weight excluding hydrogens is 242 g/mol. The molecule has 0 aromatic rings. The largest absolute Gasteiger partial charge is 0.481 e. The number of carbonyl (C=O) groups is 2. The number of hydrogen-bond donors (Lipinski definition) is 2. The Bertz CT molecular complexity index is 279. The number of hydrogen-bond acceptors (Lipinski definition) is 2. The second kappa shape index (κ2) is 8.94. The Morgan fingerprint density at radius 2 is 1.53 bits per heavy atom. The van der Waals surface area contributed by atoms with Gasteiger partial charge in [-0.2, -0.15) is 0 Å². The second-order valence-electron chi connectivity index (χ2n) is 5.28. The zero-order valence-electron chi connectivity index (χ0n) is 12.8. The third kappa shape index (κ3) is 5.21. The van der Waals surface area contributed by atoms with Gasteiger partial charge in [0.15, 0.2) is 0 Å². The predicted octanol–water partition coefficient (Wildman–Crippen LogP) is 3.21. The lowest BCUT2D eigenvalue weighted by Crippen LogP contribution is -2.44. The summed E-state index contributed by atoms with van der Waals surface area (Å²) in [5.74, 6) is -0.785. The molecule has 4 heteroatoms. The first-order valence-corrected chi connectivity index (χ1v) is 7.48. The van der Waals surface area contributed by atoms with E-state index >= 15 is 0 Å². The van der Waals surface area contributed by atoms with Crippen molar-refractivity contribution in [2.24, 2.45) is 11.3 Å². The summed E-state index contributed by atoms with van der Waals surface area (Å²) in [6.07, 6.45) is 4.76. The Hall–Kier alpha value is -1.06. The summed E-state index contributed by atoms with van der Waals surface area (Å²) < 4.78 is 0. The molecule has 0 atom stereocenters. The van der Waals surface area contributed by atoms with E-state index in [0.717, 1.165) is 25.7 Å². The molecule has 0 bridgehead atoms. The minimum Gasteiger partial charge on any atom is -0.481 e. The minimum atomic E-state index is -0.821. The average Bonchev–Trinajstić information content (AvgIpc) is 2.39. The van der Waals surface area contributed by atoms with Crippen LogP contribution in [0.5, 0.6) is 0 Å². The van der Waals surface area contributed by atoms with Crippen molar-refractivity contribution in [3.63, 3.8) is 0 Å². The summed E-state index contributed by atoms with van der Waals surface area (Å²) >= 11 is 0. The number of nitrogens with one attached hydrogen (secondary N) is 1. The molecule has 0 saturated heterocycles. The van der Waals surface area contributed by atoms with Crippen LogP contribution in [0, 0.1) is 11.3 Å². The van der Waals surface area contributed by atoms with Gasteiger partial charge in [-0.25, -0.2) is 0 Å². The van der Waals surface area contributed by atoms with Crippen LogP contribution < -0.4 is 5.32 Å². The van der Waals surface area contributed by atoms with Crippen molar-refractivity contribution < 1.29 is 14.7 Å². The standard InChI is InChI=1S/C15H29NO3/c1-5-9-12(10-6-2)13(17)16-11-15(7-3,8-4)14(18)19/h12H,5-11H2,1-4H3,(H,16,17)(H,18,19). The Morgan fingerprint density at radius 1 is 1.05 bits per heavy atom. The van der Waals surface area contributed by atoms with E-state index in [1.807, 2.05) is 13.8 Å². The Morgan fingerprint density at radius 3 is 1.84 bits per heavy atom. The van der Waals surface area contributed by atoms with Gasteiger partial charge >= 0.3 is 5.97 Å². The van der Waals surface area contributed by atoms with Crippen molar-refractivity contribution in [2.45, 2.75) is 66.2 Å². The zero-order chi connectivity index (χ0) is 14.9. The summed E-state index contributed by atoms with van der Waals surface area (Å²) in [4.78, 5) is 23.5. The molecule has 0 aromatic heterocycles. The maximum Gasteiger partial charge on any atom is 0.311 e. The molecule has 0 unspecified atom stereocenters. The zero-order valence-corrected chi connectivity index (χ0v) is 12.8. The molecule has 0 spiro atoms. The quantitative estimate of drug-likeness (QED) is 0.641. The second-order valence-corrected chi connectivity index (χ2v) is 5.28. The lowest BCUT2D eigenvalue weighted by atomic mass is 9.82. The molecular formula is C15H29NO3. The number of amides is 1. The molecule has 0 saturated carbocycles. The third-order valence-corrected chi connectivity index (χ3v) is 4.05. The molecule has 0 aliphatic heterocycles. The van der Waals surface area contributed by atoms with E-state index in [-0.39, 0.29) is 18.4 Å². The van der Waals surface area contributed by atoms with Crippen LogP contribution in [0.1, 0.15) is 66.2 Å². The molecule has 112 valence electrons. The lowest BCUT2D eigenvalue weighted by molar-refractivity contribution is -0.149. The van der Waals surface area contributed by atoms with Gasteiger partial charge < -0.3 is 10.4 Å². The van der Waals surface area contributed by atoms with E-state index in [1.54, 1.807) is 0 Å². The highest BCUT2D eigenvalue weighted by Crippen LogP contribution is 2.26. The van der Waals surface area contributed by atoms with Crippen LogP contribution in [-0.2, 0) is 9.59 Å². The number of carbonyl (C=O) groups excluding carboxylic acids is 1. The van der Waals surface area contributed by atoms with Gasteiger partial charge in [-0.15, -0.1) is 0 Å². The Balaban J connectivity index is 4.57. The first-order chi connectivity index (χ1) is 8.97. The normalized spacial score (nSPS) is 11.6. The molecule has 0 fully saturated rings. The lowest BCUT2D eigenvalue weighted by Gasteiger charge is -2.28. The van der Waals surface area contributed by atoms with E-state index in [1.165, 1.54) is 0 Å². The molecule has 0 radical (unpaired) electrons. The van der Waals surface area contributed by atoms with Crippen molar-refractivity contribution in [1.82, 2.24) is 5.32 Å². The van der Waals surface area contributed by atoms with Crippen LogP contribution in [0.15, 0.2) is 0 Å². The molecule has 0 heterocycles. The Kier molecular flexibility index (Phi) is 8.44. The molecule has 0 aliphatic carbocycles. The molecule has 1 amide bonds. The number of carboxylic acids is 1. The molecule has 0 rings (SSSR count). The molecule has 0 aliphatic rings. The highest BCUT2D eigenvalue weighted by Gasteiger charge is 2.35. The number of aliphatic carboxylic acids is 1. The number of carboxylic acid groups (broad SMARTS) is 1. The fourth-order valence-electron chi connectivity index (χ4n) is 2.38. The minimum absolute atomic E-state index is 0.0104. The van der Waals surface area contributed by atoms with Crippen LogP contribution in [-0.4, -0.2) is 23.5 Å². The topological polar surface area (TPSA) is 66.4 Å². The van der Waals surface area contributed by atoms with Gasteiger partial charge in [0.05, 0.1) is 5.41 Å². The number of rotatable bonds is 10. The highest BCUT2D eigenvalue weighted by molar-refractivity contribution is 5.80. The van der Waals surface area contributed by atoms with Crippen molar-refractivity contribution in [3.05, 3.63) is 0 Å². The SMILES string of the molecule is CCCC(CCC)C(=O)NCC(CC)(CC)C(=O)O. The summed E-state index contributed by atoms with van der Waals surface area (Å²) in [7, 11) is 0. The molecule has 4 nitrogen and oxygen atoms in total. The van der Waals surface area contributed by atoms with Crippen LogP contribution in [0.2, 0.25) is 0 Å². The predicted molar refractivity (Wildman–Crippen MR) is 77.0 cm³/mol. The highest BCUT2D eigenvalue weighted by atomic mass is 16.4. The smallest absolute Gasteiger partial charge is 0.311 e. The average molecular weight is 271 g/mol. The molecule has 2 N–H and O–H groups in total. The Labute approximate surface area is 117 Å². The van der Waals surface area contributed by atoms with Crippen LogP contribution in [0.4, 0.5) is 0 Å². The van der Waals surface area contributed by atoms with Crippen molar-refractivity contribution in [2.75, 3.05) is 6.54 Å². The van der Waals surface area contributed by atoms with Gasteiger partial charge in [0, 0.05) is 12.5 Å². The van der Waals surface area contributed by atoms with Gasteiger partial charge in [-0.05, 0) is 25.7 Å². The summed E-state index contributed by atoms with van der Waals surface area (Å²) in [5, 5.41) is 12.2. The van der Waals surface area contributed by atoms with Gasteiger partial charge in [-0.3, -0.25) is 9.59 Å². The fraction of sp³-hybridized carbons (Fsp3) is 0.867. The van der Waals surface area contributed by atoms with E-state index in [2.05, 4.69) is 19.2 Å². The van der Waals surface area contributed by atoms with Crippen LogP contribution >= 0.6 is 0 Å². The van der Waals surface area contributed by atoms with Crippen LogP contribution in [0.3, 0.4) is 0 Å². The van der Waals surface area contributed by atoms with Gasteiger partial charge in [0.2, 0.25) is 5.91 Å². The van der Waals surface area contributed by atoms with Crippen LogP contribution in [0.25, 0.3) is 0 Å². The maximum atomic E-state index is 12.1. The first kappa shape index (κ1) is 17.9. The van der Waals surface area contributed by atoms with Gasteiger partial charge in [0.1, 0.15) is 0 Å². The monoisotopic (exact) mass is 271 g/mol. The van der Waals surface area contributed by atoms with E-state index in [0.29, 0.717) is 12.8 Å². The third-order valence-electron chi connectivity index (χ3n) is 4.05. The molecule has 0 aromatic carbocycles. The van der Waals surface area contributed by atoms with Crippen molar-refractivity contribution >= 4 is 11.9 Å². The van der Waals surface area contributed by atoms with Gasteiger partial charge in [0.25, 0.3) is 0 Å². The van der Waals surface area contributed by atoms with Gasteiger partial charge in [-0.1, -0.05) is 40.5 Å². The first-order valence-electron chi connectivity index (χ1n) is 7.48. The maximum absolute atomic E-state index is 12.1. The van der Waals surface area contributed by atoms with E-state index in [9.17, 15) is 14.7 Å². The summed E-state index contributed by atoms with van der Waals surface area (Å²) in [6.45, 7) is 8.09. The van der Waals surface area contributed by atoms with Crippen molar-refractivity contribution in [1.29, 1.82) is 0 Å².